The molecular weight excluding hydrogens is 379 g/mol. The van der Waals surface area contributed by atoms with Gasteiger partial charge in [-0.05, 0) is 56.3 Å². The van der Waals surface area contributed by atoms with Gasteiger partial charge in [0.25, 0.3) is 5.56 Å². The number of aromatic nitrogens is 3. The Kier molecular flexibility index (Phi) is 4.79. The summed E-state index contributed by atoms with van der Waals surface area (Å²) in [5.74, 6) is 0.433. The monoisotopic (exact) mass is 396 g/mol. The first-order valence-electron chi connectivity index (χ1n) is 8.70. The number of rotatable bonds is 5. The van der Waals surface area contributed by atoms with Crippen molar-refractivity contribution in [1.82, 2.24) is 14.8 Å². The summed E-state index contributed by atoms with van der Waals surface area (Å²) in [6, 6.07) is 11.4. The molecule has 6 nitrogen and oxygen atoms in total. The van der Waals surface area contributed by atoms with E-state index in [1.807, 2.05) is 25.1 Å². The summed E-state index contributed by atoms with van der Waals surface area (Å²) in [7, 11) is 0. The van der Waals surface area contributed by atoms with Crippen molar-refractivity contribution in [2.24, 2.45) is 4.99 Å². The van der Waals surface area contributed by atoms with Gasteiger partial charge >= 0.3 is 0 Å². The molecule has 0 aliphatic carbocycles. The molecule has 0 radical (unpaired) electrons. The highest BCUT2D eigenvalue weighted by Gasteiger charge is 2.11. The van der Waals surface area contributed by atoms with Gasteiger partial charge in [0.2, 0.25) is 5.13 Å². The number of fused-ring (bicyclic) bond motifs is 1. The van der Waals surface area contributed by atoms with Crippen LogP contribution in [0, 0.1) is 12.7 Å². The maximum Gasteiger partial charge on any atom is 0.280 e. The van der Waals surface area contributed by atoms with Crippen LogP contribution in [-0.4, -0.2) is 27.6 Å². The number of nitrogens with zero attached hydrogens (tertiary/aromatic N) is 3. The van der Waals surface area contributed by atoms with E-state index in [1.165, 1.54) is 46.5 Å². The smallest absolute Gasteiger partial charge is 0.280 e. The highest BCUT2D eigenvalue weighted by Crippen LogP contribution is 2.30. The van der Waals surface area contributed by atoms with E-state index in [9.17, 15) is 9.18 Å². The lowest BCUT2D eigenvalue weighted by molar-refractivity contribution is 0.341. The van der Waals surface area contributed by atoms with Crippen LogP contribution in [0.3, 0.4) is 0 Å². The molecule has 2 aromatic heterocycles. The molecule has 0 aliphatic rings. The van der Waals surface area contributed by atoms with Crippen LogP contribution in [0.5, 0.6) is 5.75 Å². The topological polar surface area (TPSA) is 72.3 Å². The van der Waals surface area contributed by atoms with Crippen LogP contribution in [0.2, 0.25) is 0 Å². The minimum atomic E-state index is -0.356. The molecule has 2 heterocycles. The predicted octanol–water partition coefficient (Wildman–Crippen LogP) is 4.37. The predicted molar refractivity (Wildman–Crippen MR) is 109 cm³/mol. The molecule has 142 valence electrons. The Labute approximate surface area is 163 Å². The zero-order chi connectivity index (χ0) is 19.7. The number of hydrogen-bond donors (Lipinski definition) is 1. The number of ether oxygens (including phenoxy) is 1. The Morgan fingerprint density at radius 2 is 2.07 bits per heavy atom. The minimum Gasteiger partial charge on any atom is -0.494 e. The Bertz CT molecular complexity index is 1220. The largest absolute Gasteiger partial charge is 0.494 e. The number of benzene rings is 2. The maximum absolute atomic E-state index is 13.1. The molecule has 4 aromatic rings. The normalized spacial score (nSPS) is 11.5. The molecule has 0 amide bonds. The molecule has 0 saturated carbocycles. The zero-order valence-corrected chi connectivity index (χ0v) is 16.1. The third kappa shape index (κ3) is 3.46. The number of aromatic amines is 1. The highest BCUT2D eigenvalue weighted by atomic mass is 32.1. The van der Waals surface area contributed by atoms with Gasteiger partial charge in [0.1, 0.15) is 11.6 Å². The van der Waals surface area contributed by atoms with E-state index < -0.39 is 0 Å². The van der Waals surface area contributed by atoms with Crippen molar-refractivity contribution in [2.75, 3.05) is 6.61 Å². The second-order valence-corrected chi connectivity index (χ2v) is 7.09. The Morgan fingerprint density at radius 3 is 2.82 bits per heavy atom. The third-order valence-corrected chi connectivity index (χ3v) is 5.09. The second kappa shape index (κ2) is 7.40. The van der Waals surface area contributed by atoms with Crippen LogP contribution >= 0.6 is 11.3 Å². The van der Waals surface area contributed by atoms with Gasteiger partial charge < -0.3 is 4.74 Å². The molecule has 28 heavy (non-hydrogen) atoms. The fourth-order valence-electron chi connectivity index (χ4n) is 2.81. The highest BCUT2D eigenvalue weighted by molar-refractivity contribution is 7.22. The lowest BCUT2D eigenvalue weighted by Gasteiger charge is -2.00. The van der Waals surface area contributed by atoms with Crippen molar-refractivity contribution in [1.29, 1.82) is 0 Å². The molecule has 0 fully saturated rings. The summed E-state index contributed by atoms with van der Waals surface area (Å²) in [6.45, 7) is 4.32. The lowest BCUT2D eigenvalue weighted by atomic mass is 10.3. The number of aliphatic imine (C=N–C) groups is 1. The third-order valence-electron chi connectivity index (χ3n) is 4.17. The van der Waals surface area contributed by atoms with Crippen molar-refractivity contribution in [2.45, 2.75) is 13.8 Å². The van der Waals surface area contributed by atoms with Crippen molar-refractivity contribution >= 4 is 32.9 Å². The van der Waals surface area contributed by atoms with Crippen LogP contribution in [0.15, 0.2) is 52.3 Å². The van der Waals surface area contributed by atoms with Gasteiger partial charge in [-0.1, -0.05) is 11.3 Å². The van der Waals surface area contributed by atoms with Gasteiger partial charge in [-0.3, -0.25) is 9.89 Å². The summed E-state index contributed by atoms with van der Waals surface area (Å²) < 4.78 is 21.0. The molecule has 0 bridgehead atoms. The summed E-state index contributed by atoms with van der Waals surface area (Å²) in [5.41, 5.74) is 2.22. The maximum atomic E-state index is 13.1. The lowest BCUT2D eigenvalue weighted by Crippen LogP contribution is -2.17. The van der Waals surface area contributed by atoms with Crippen LogP contribution in [0.1, 0.15) is 18.2 Å². The fourth-order valence-corrected chi connectivity index (χ4v) is 3.65. The van der Waals surface area contributed by atoms with Crippen molar-refractivity contribution in [3.8, 4) is 11.4 Å². The molecule has 0 unspecified atom stereocenters. The molecule has 2 aromatic carbocycles. The average molecular weight is 396 g/mol. The Morgan fingerprint density at radius 1 is 1.29 bits per heavy atom. The van der Waals surface area contributed by atoms with Crippen molar-refractivity contribution < 1.29 is 9.13 Å². The minimum absolute atomic E-state index is 0.257. The van der Waals surface area contributed by atoms with Crippen LogP contribution in [0.25, 0.3) is 15.9 Å². The van der Waals surface area contributed by atoms with Crippen LogP contribution in [0.4, 0.5) is 9.52 Å². The molecule has 0 saturated heterocycles. The number of halogens is 1. The second-order valence-electron chi connectivity index (χ2n) is 6.08. The van der Waals surface area contributed by atoms with Gasteiger partial charge in [-0.25, -0.2) is 19.0 Å². The number of hydrogen-bond acceptors (Lipinski definition) is 5. The van der Waals surface area contributed by atoms with E-state index in [-0.39, 0.29) is 11.4 Å². The zero-order valence-electron chi connectivity index (χ0n) is 15.3. The van der Waals surface area contributed by atoms with Gasteiger partial charge in [-0.2, -0.15) is 0 Å². The Hall–Kier alpha value is -3.26. The average Bonchev–Trinajstić information content (AvgIpc) is 3.21. The first kappa shape index (κ1) is 18.1. The van der Waals surface area contributed by atoms with Crippen molar-refractivity contribution in [3.63, 3.8) is 0 Å². The summed E-state index contributed by atoms with van der Waals surface area (Å²) in [5, 5.41) is 3.54. The standard InChI is InChI=1S/C20H17FN4O2S/c1-3-27-15-8-9-17-18(10-15)28-20(23-17)22-11-16-12(2)24-25(19(16)26)14-6-4-13(21)5-7-14/h4-11,24H,3H2,1-2H3/b22-11+. The number of H-pyrrole nitrogens is 1. The fraction of sp³-hybridized carbons (Fsp3) is 0.150. The molecule has 8 heteroatoms. The summed E-state index contributed by atoms with van der Waals surface area (Å²) in [4.78, 5) is 21.5. The van der Waals surface area contributed by atoms with E-state index in [4.69, 9.17) is 4.74 Å². The molecular formula is C20H17FN4O2S. The first-order chi connectivity index (χ1) is 13.5. The van der Waals surface area contributed by atoms with E-state index in [1.54, 1.807) is 6.92 Å². The molecule has 0 spiro atoms. The molecule has 4 rings (SSSR count). The quantitative estimate of drug-likeness (QED) is 0.509. The van der Waals surface area contributed by atoms with Crippen LogP contribution in [-0.2, 0) is 0 Å². The van der Waals surface area contributed by atoms with E-state index in [2.05, 4.69) is 15.1 Å². The van der Waals surface area contributed by atoms with Gasteiger partial charge in [0.05, 0.1) is 28.1 Å². The number of nitrogens with one attached hydrogen (secondary N) is 1. The number of thiazole rings is 1. The molecule has 0 aliphatic heterocycles. The van der Waals surface area contributed by atoms with Gasteiger partial charge in [-0.15, -0.1) is 0 Å². The summed E-state index contributed by atoms with van der Waals surface area (Å²) in [6.07, 6.45) is 1.51. The van der Waals surface area contributed by atoms with E-state index in [0.29, 0.717) is 28.7 Å². The van der Waals surface area contributed by atoms with Gasteiger partial charge in [0.15, 0.2) is 0 Å². The van der Waals surface area contributed by atoms with E-state index >= 15 is 0 Å². The van der Waals surface area contributed by atoms with Gasteiger partial charge in [0, 0.05) is 11.9 Å². The first-order valence-corrected chi connectivity index (χ1v) is 9.52. The Balaban J connectivity index is 1.65. The molecule has 1 N–H and O–H groups in total. The molecule has 0 atom stereocenters. The van der Waals surface area contributed by atoms with Crippen molar-refractivity contribution in [3.05, 3.63) is 69.9 Å². The van der Waals surface area contributed by atoms with E-state index in [0.717, 1.165) is 16.0 Å². The van der Waals surface area contributed by atoms with Crippen LogP contribution < -0.4 is 10.3 Å². The summed E-state index contributed by atoms with van der Waals surface area (Å²) >= 11 is 1.42. The SMILES string of the molecule is CCOc1ccc2nc(/N=C/c3c(C)[nH]n(-c4ccc(F)cc4)c3=O)sc2c1. The number of aryl methyl sites for hydroxylation is 1.